The van der Waals surface area contributed by atoms with Gasteiger partial charge < -0.3 is 4.55 Å². The van der Waals surface area contributed by atoms with Crippen LogP contribution in [-0.2, 0) is 34.4 Å². The standard InChI is InChI=1S/C13H14Cl2F3N2.CH4O4S/c1-3-4-5-20-11-7-9(15)8(14)6-10(11)19(2)12(20)13(16,17)18;1-5-6(2,3)4/h6-7H,3-5H2,1-2H3;1H3,(H,2,3,4)/q+1;/p-1. The van der Waals surface area contributed by atoms with Crippen LogP contribution in [0.4, 0.5) is 13.2 Å². The van der Waals surface area contributed by atoms with E-state index in [1.165, 1.54) is 23.7 Å². The second-order valence-electron chi connectivity index (χ2n) is 5.22. The summed E-state index contributed by atoms with van der Waals surface area (Å²) in [6, 6.07) is 2.96. The highest BCUT2D eigenvalue weighted by Gasteiger charge is 2.46. The maximum absolute atomic E-state index is 13.3. The number of aromatic nitrogens is 2. The zero-order valence-electron chi connectivity index (χ0n) is 14.1. The summed E-state index contributed by atoms with van der Waals surface area (Å²) in [6.07, 6.45) is -2.96. The molecule has 0 aliphatic rings. The zero-order valence-corrected chi connectivity index (χ0v) is 16.4. The summed E-state index contributed by atoms with van der Waals surface area (Å²) >= 11 is 11.8. The Kier molecular flexibility index (Phi) is 7.73. The smallest absolute Gasteiger partial charge is 0.495 e. The molecule has 0 saturated carbocycles. The maximum Gasteiger partial charge on any atom is 0.495 e. The van der Waals surface area contributed by atoms with Gasteiger partial charge in [0.2, 0.25) is 10.4 Å². The molecule has 0 fully saturated rings. The van der Waals surface area contributed by atoms with E-state index >= 15 is 0 Å². The first-order valence-corrected chi connectivity index (χ1v) is 9.38. The molecule has 6 nitrogen and oxygen atoms in total. The van der Waals surface area contributed by atoms with Gasteiger partial charge in [-0.25, -0.2) is 17.6 Å². The number of benzene rings is 1. The molecule has 0 bridgehead atoms. The summed E-state index contributed by atoms with van der Waals surface area (Å²) in [5, 5.41) is 0.500. The monoisotopic (exact) mass is 436 g/mol. The van der Waals surface area contributed by atoms with Gasteiger partial charge in [-0.1, -0.05) is 36.5 Å². The van der Waals surface area contributed by atoms with Crippen LogP contribution in [0.1, 0.15) is 25.6 Å². The predicted molar refractivity (Wildman–Crippen MR) is 89.8 cm³/mol. The van der Waals surface area contributed by atoms with Crippen molar-refractivity contribution >= 4 is 44.6 Å². The number of halogens is 5. The van der Waals surface area contributed by atoms with Crippen LogP contribution in [0.5, 0.6) is 0 Å². The lowest BCUT2D eigenvalue weighted by atomic mass is 10.3. The number of unbranched alkanes of at least 4 members (excludes halogenated alkanes) is 1. The number of alkyl halides is 3. The summed E-state index contributed by atoms with van der Waals surface area (Å²) < 4.78 is 73.2. The Morgan fingerprint density at radius 1 is 1.27 bits per heavy atom. The van der Waals surface area contributed by atoms with E-state index in [4.69, 9.17) is 23.2 Å². The molecular formula is C14H17Cl2F3N2O4S. The van der Waals surface area contributed by atoms with Crippen LogP contribution in [0.2, 0.25) is 10.0 Å². The molecule has 0 unspecified atom stereocenters. The first-order valence-electron chi connectivity index (χ1n) is 7.29. The van der Waals surface area contributed by atoms with Crippen molar-refractivity contribution in [1.82, 2.24) is 4.57 Å². The maximum atomic E-state index is 13.3. The lowest BCUT2D eigenvalue weighted by Crippen LogP contribution is -2.38. The van der Waals surface area contributed by atoms with Crippen LogP contribution in [0.25, 0.3) is 11.0 Å². The molecule has 0 spiro atoms. The van der Waals surface area contributed by atoms with Gasteiger partial charge in [-0.3, -0.25) is 4.18 Å². The first-order chi connectivity index (χ1) is 11.8. The predicted octanol–water partition coefficient (Wildman–Crippen LogP) is 3.68. The molecule has 0 radical (unpaired) electrons. The second kappa shape index (κ2) is 8.75. The van der Waals surface area contributed by atoms with Crippen LogP contribution < -0.4 is 4.57 Å². The fourth-order valence-corrected chi connectivity index (χ4v) is 2.62. The van der Waals surface area contributed by atoms with E-state index in [1.807, 2.05) is 6.92 Å². The topological polar surface area (TPSA) is 75.2 Å². The Morgan fingerprint density at radius 2 is 1.77 bits per heavy atom. The van der Waals surface area contributed by atoms with Crippen LogP contribution in [0.3, 0.4) is 0 Å². The molecule has 148 valence electrons. The third kappa shape index (κ3) is 5.71. The second-order valence-corrected chi connectivity index (χ2v) is 7.18. The molecule has 0 aliphatic carbocycles. The molecule has 0 saturated heterocycles. The van der Waals surface area contributed by atoms with Crippen molar-refractivity contribution in [2.75, 3.05) is 7.11 Å². The van der Waals surface area contributed by atoms with Crippen molar-refractivity contribution < 1.29 is 34.9 Å². The van der Waals surface area contributed by atoms with Gasteiger partial charge in [-0.05, 0) is 6.42 Å². The van der Waals surface area contributed by atoms with Gasteiger partial charge >= 0.3 is 12.0 Å². The van der Waals surface area contributed by atoms with Crippen molar-refractivity contribution in [3.63, 3.8) is 0 Å². The van der Waals surface area contributed by atoms with E-state index in [0.29, 0.717) is 24.0 Å². The number of rotatable bonds is 4. The average Bonchev–Trinajstić information content (AvgIpc) is 2.77. The summed E-state index contributed by atoms with van der Waals surface area (Å²) in [7, 11) is -2.22. The zero-order chi connectivity index (χ0) is 20.3. The Balaban J connectivity index is 0.000000487. The molecule has 1 aromatic heterocycles. The van der Waals surface area contributed by atoms with Crippen molar-refractivity contribution in [2.45, 2.75) is 32.5 Å². The molecule has 2 aromatic rings. The van der Waals surface area contributed by atoms with E-state index in [1.54, 1.807) is 0 Å². The number of hydrogen-bond donors (Lipinski definition) is 0. The van der Waals surface area contributed by atoms with E-state index < -0.39 is 22.4 Å². The van der Waals surface area contributed by atoms with Gasteiger partial charge in [0.15, 0.2) is 11.0 Å². The minimum atomic E-state index is -4.43. The van der Waals surface area contributed by atoms with Crippen molar-refractivity contribution in [3.05, 3.63) is 28.0 Å². The quantitative estimate of drug-likeness (QED) is 0.416. The molecule has 12 heteroatoms. The van der Waals surface area contributed by atoms with E-state index in [-0.39, 0.29) is 10.0 Å². The number of hydrogen-bond acceptors (Lipinski definition) is 4. The Labute approximate surface area is 159 Å². The lowest BCUT2D eigenvalue weighted by molar-refractivity contribution is -0.667. The molecule has 1 heterocycles. The van der Waals surface area contributed by atoms with Gasteiger partial charge in [0, 0.05) is 12.1 Å². The van der Waals surface area contributed by atoms with Crippen molar-refractivity contribution in [3.8, 4) is 0 Å². The molecule has 0 N–H and O–H groups in total. The van der Waals surface area contributed by atoms with Gasteiger partial charge in [0.1, 0.15) is 0 Å². The largest absolute Gasteiger partial charge is 0.726 e. The fourth-order valence-electron chi connectivity index (χ4n) is 2.31. The summed E-state index contributed by atoms with van der Waals surface area (Å²) in [4.78, 5) is 0. The van der Waals surface area contributed by atoms with Crippen LogP contribution in [0, 0.1) is 0 Å². The first kappa shape index (κ1) is 23.0. The minimum absolute atomic E-state index is 0.246. The molecule has 26 heavy (non-hydrogen) atoms. The SMILES string of the molecule is CCCCn1c(C(F)(F)F)[n+](C)c2cc(Cl)c(Cl)cc21.COS(=O)(=O)[O-]. The molecule has 2 rings (SSSR count). The molecule has 0 atom stereocenters. The highest BCUT2D eigenvalue weighted by Crippen LogP contribution is 2.33. The minimum Gasteiger partial charge on any atom is -0.726 e. The average molecular weight is 437 g/mol. The van der Waals surface area contributed by atoms with Gasteiger partial charge in [-0.15, -0.1) is 0 Å². The Morgan fingerprint density at radius 3 is 2.19 bits per heavy atom. The molecular weight excluding hydrogens is 420 g/mol. The van der Waals surface area contributed by atoms with Crippen molar-refractivity contribution in [2.24, 2.45) is 7.05 Å². The number of aryl methyl sites for hydroxylation is 2. The summed E-state index contributed by atoms with van der Waals surface area (Å²) in [6.45, 7) is 2.23. The number of nitrogens with zero attached hydrogens (tertiary/aromatic N) is 2. The van der Waals surface area contributed by atoms with E-state index in [0.717, 1.165) is 18.1 Å². The van der Waals surface area contributed by atoms with E-state index in [2.05, 4.69) is 4.18 Å². The van der Waals surface area contributed by atoms with Crippen molar-refractivity contribution in [1.29, 1.82) is 0 Å². The number of imidazole rings is 1. The van der Waals surface area contributed by atoms with Crippen LogP contribution in [0.15, 0.2) is 12.1 Å². The summed E-state index contributed by atoms with van der Waals surface area (Å²) in [5.41, 5.74) is 0.866. The third-order valence-electron chi connectivity index (χ3n) is 3.44. The van der Waals surface area contributed by atoms with Gasteiger partial charge in [-0.2, -0.15) is 13.2 Å². The highest BCUT2D eigenvalue weighted by atomic mass is 35.5. The van der Waals surface area contributed by atoms with E-state index in [9.17, 15) is 26.1 Å². The molecule has 1 aromatic carbocycles. The van der Waals surface area contributed by atoms with Gasteiger partial charge in [0.05, 0.1) is 30.7 Å². The van der Waals surface area contributed by atoms with Gasteiger partial charge in [0.25, 0.3) is 0 Å². The molecule has 0 aliphatic heterocycles. The number of fused-ring (bicyclic) bond motifs is 1. The summed E-state index contributed by atoms with van der Waals surface area (Å²) in [5.74, 6) is -0.695. The highest BCUT2D eigenvalue weighted by molar-refractivity contribution is 7.80. The molecule has 0 amide bonds. The Hall–Kier alpha value is -1.07. The normalized spacial score (nSPS) is 12.2. The lowest BCUT2D eigenvalue weighted by Gasteiger charge is -2.05. The van der Waals surface area contributed by atoms with Crippen LogP contribution in [-0.4, -0.2) is 24.6 Å². The third-order valence-corrected chi connectivity index (χ3v) is 4.57. The Bertz CT molecular complexity index is 883. The fraction of sp³-hybridized carbons (Fsp3) is 0.500. The van der Waals surface area contributed by atoms with Crippen LogP contribution >= 0.6 is 23.2 Å².